The Morgan fingerprint density at radius 1 is 0.840 bits per heavy atom. The number of benzene rings is 3. The summed E-state index contributed by atoms with van der Waals surface area (Å²) in [7, 11) is 0. The van der Waals surface area contributed by atoms with Crippen LogP contribution < -0.4 is 4.74 Å². The second kappa shape index (κ2) is 8.15. The summed E-state index contributed by atoms with van der Waals surface area (Å²) in [5.41, 5.74) is 4.47. The number of ether oxygens (including phenoxy) is 1. The Hall–Kier alpha value is -3.07. The van der Waals surface area contributed by atoms with Crippen molar-refractivity contribution in [2.24, 2.45) is 0 Å². The molecule has 1 N–H and O–H groups in total. The minimum Gasteiger partial charge on any atom is -0.489 e. The topological polar surface area (TPSA) is 46.5 Å². The van der Waals surface area contributed by atoms with Crippen molar-refractivity contribution in [1.29, 1.82) is 0 Å². The highest BCUT2D eigenvalue weighted by molar-refractivity contribution is 5.67. The van der Waals surface area contributed by atoms with Crippen molar-refractivity contribution in [1.82, 2.24) is 0 Å². The van der Waals surface area contributed by atoms with Gasteiger partial charge in [-0.3, -0.25) is 4.79 Å². The maximum atomic E-state index is 10.6. The number of hydrogen-bond donors (Lipinski definition) is 1. The fourth-order valence-corrected chi connectivity index (χ4v) is 2.71. The molecule has 0 bridgehead atoms. The summed E-state index contributed by atoms with van der Waals surface area (Å²) in [5.74, 6) is -0.000199. The highest BCUT2D eigenvalue weighted by Crippen LogP contribution is 2.25. The molecular weight excluding hydrogens is 312 g/mol. The largest absolute Gasteiger partial charge is 0.489 e. The van der Waals surface area contributed by atoms with Gasteiger partial charge in [-0.1, -0.05) is 66.7 Å². The molecule has 3 rings (SSSR count). The lowest BCUT2D eigenvalue weighted by molar-refractivity contribution is -0.136. The first kappa shape index (κ1) is 16.8. The van der Waals surface area contributed by atoms with Crippen LogP contribution in [-0.4, -0.2) is 11.1 Å². The van der Waals surface area contributed by atoms with Gasteiger partial charge in [0.1, 0.15) is 12.4 Å². The summed E-state index contributed by atoms with van der Waals surface area (Å²) in [6.07, 6.45) is 0.678. The van der Waals surface area contributed by atoms with Crippen molar-refractivity contribution < 1.29 is 14.6 Å². The number of aliphatic carboxylic acids is 1. The van der Waals surface area contributed by atoms with E-state index < -0.39 is 5.97 Å². The average molecular weight is 332 g/mol. The predicted octanol–water partition coefficient (Wildman–Crippen LogP) is 4.95. The summed E-state index contributed by atoms with van der Waals surface area (Å²) in [5, 5.41) is 8.73. The molecule has 0 aliphatic carbocycles. The monoisotopic (exact) mass is 332 g/mol. The minimum absolute atomic E-state index is 0.144. The van der Waals surface area contributed by atoms with Crippen molar-refractivity contribution in [3.05, 3.63) is 90.0 Å². The van der Waals surface area contributed by atoms with Crippen LogP contribution in [0.2, 0.25) is 0 Å². The molecule has 0 amide bonds. The molecule has 0 saturated carbocycles. The third kappa shape index (κ3) is 4.70. The van der Waals surface area contributed by atoms with Crippen molar-refractivity contribution in [2.75, 3.05) is 0 Å². The fourth-order valence-electron chi connectivity index (χ4n) is 2.71. The Kier molecular flexibility index (Phi) is 5.47. The van der Waals surface area contributed by atoms with Crippen LogP contribution in [0.5, 0.6) is 5.75 Å². The molecule has 25 heavy (non-hydrogen) atoms. The Balaban J connectivity index is 1.67. The minimum atomic E-state index is -0.780. The molecule has 3 aromatic carbocycles. The van der Waals surface area contributed by atoms with Gasteiger partial charge in [0, 0.05) is 6.42 Å². The molecule has 126 valence electrons. The standard InChI is InChI=1S/C22H20O3/c23-22(24)15-12-17-10-13-20(14-11-17)25-16-19-8-4-5-9-21(19)18-6-2-1-3-7-18/h1-11,13-14H,12,15-16H2,(H,23,24). The molecule has 0 aliphatic heterocycles. The van der Waals surface area contributed by atoms with E-state index >= 15 is 0 Å². The second-order valence-electron chi connectivity index (χ2n) is 5.85. The van der Waals surface area contributed by atoms with Crippen LogP contribution in [0.25, 0.3) is 11.1 Å². The van der Waals surface area contributed by atoms with Gasteiger partial charge in [0.15, 0.2) is 0 Å². The van der Waals surface area contributed by atoms with E-state index in [1.54, 1.807) is 0 Å². The third-order valence-corrected chi connectivity index (χ3v) is 4.05. The number of rotatable bonds is 7. The molecule has 0 aliphatic rings. The summed E-state index contributed by atoms with van der Waals surface area (Å²) >= 11 is 0. The Morgan fingerprint density at radius 3 is 2.24 bits per heavy atom. The van der Waals surface area contributed by atoms with Gasteiger partial charge in [0.25, 0.3) is 0 Å². The zero-order valence-electron chi connectivity index (χ0n) is 13.9. The highest BCUT2D eigenvalue weighted by Gasteiger charge is 2.05. The highest BCUT2D eigenvalue weighted by atomic mass is 16.5. The summed E-state index contributed by atoms with van der Waals surface area (Å²) in [6.45, 7) is 0.486. The predicted molar refractivity (Wildman–Crippen MR) is 98.6 cm³/mol. The molecule has 0 fully saturated rings. The Bertz CT molecular complexity index is 823. The van der Waals surface area contributed by atoms with Crippen LogP contribution in [0, 0.1) is 0 Å². The van der Waals surface area contributed by atoms with E-state index in [4.69, 9.17) is 9.84 Å². The van der Waals surface area contributed by atoms with E-state index in [0.29, 0.717) is 13.0 Å². The van der Waals surface area contributed by atoms with Gasteiger partial charge >= 0.3 is 5.97 Å². The normalized spacial score (nSPS) is 10.4. The van der Waals surface area contributed by atoms with Gasteiger partial charge in [-0.05, 0) is 40.8 Å². The number of carboxylic acid groups (broad SMARTS) is 1. The van der Waals surface area contributed by atoms with E-state index in [-0.39, 0.29) is 6.42 Å². The summed E-state index contributed by atoms with van der Waals surface area (Å²) in [6, 6.07) is 26.1. The molecule has 3 aromatic rings. The SMILES string of the molecule is O=C(O)CCc1ccc(OCc2ccccc2-c2ccccc2)cc1. The van der Waals surface area contributed by atoms with E-state index in [1.165, 1.54) is 11.1 Å². The van der Waals surface area contributed by atoms with E-state index in [2.05, 4.69) is 24.3 Å². The van der Waals surface area contributed by atoms with Crippen LogP contribution in [0.4, 0.5) is 0 Å². The first-order chi connectivity index (χ1) is 12.2. The first-order valence-electron chi connectivity index (χ1n) is 8.29. The molecule has 0 heterocycles. The zero-order valence-corrected chi connectivity index (χ0v) is 13.9. The van der Waals surface area contributed by atoms with E-state index in [0.717, 1.165) is 16.9 Å². The van der Waals surface area contributed by atoms with Crippen molar-refractivity contribution in [3.63, 3.8) is 0 Å². The number of carbonyl (C=O) groups is 1. The van der Waals surface area contributed by atoms with Gasteiger partial charge < -0.3 is 9.84 Å². The fraction of sp³-hybridized carbons (Fsp3) is 0.136. The maximum Gasteiger partial charge on any atom is 0.303 e. The molecule has 0 aromatic heterocycles. The van der Waals surface area contributed by atoms with Crippen LogP contribution in [-0.2, 0) is 17.8 Å². The molecule has 0 saturated heterocycles. The molecule has 3 nitrogen and oxygen atoms in total. The van der Waals surface area contributed by atoms with Crippen LogP contribution in [0.1, 0.15) is 17.5 Å². The molecule has 3 heteroatoms. The Labute approximate surface area is 147 Å². The van der Waals surface area contributed by atoms with Gasteiger partial charge in [-0.15, -0.1) is 0 Å². The molecule has 0 atom stereocenters. The maximum absolute atomic E-state index is 10.6. The first-order valence-corrected chi connectivity index (χ1v) is 8.29. The number of hydrogen-bond acceptors (Lipinski definition) is 2. The average Bonchev–Trinajstić information content (AvgIpc) is 2.66. The molecule has 0 unspecified atom stereocenters. The molecule has 0 radical (unpaired) electrons. The zero-order chi connectivity index (χ0) is 17.5. The second-order valence-corrected chi connectivity index (χ2v) is 5.85. The quantitative estimate of drug-likeness (QED) is 0.666. The molecular formula is C22H20O3. The van der Waals surface area contributed by atoms with Gasteiger partial charge in [0.2, 0.25) is 0 Å². The lowest BCUT2D eigenvalue weighted by Gasteiger charge is -2.12. The lowest BCUT2D eigenvalue weighted by atomic mass is 10.0. The van der Waals surface area contributed by atoms with E-state index in [9.17, 15) is 4.79 Å². The number of aryl methyl sites for hydroxylation is 1. The molecule has 0 spiro atoms. The third-order valence-electron chi connectivity index (χ3n) is 4.05. The van der Waals surface area contributed by atoms with Crippen LogP contribution in [0.3, 0.4) is 0 Å². The smallest absolute Gasteiger partial charge is 0.303 e. The number of carboxylic acids is 1. The van der Waals surface area contributed by atoms with Crippen molar-refractivity contribution in [3.8, 4) is 16.9 Å². The van der Waals surface area contributed by atoms with Crippen molar-refractivity contribution in [2.45, 2.75) is 19.4 Å². The van der Waals surface area contributed by atoms with Gasteiger partial charge in [-0.25, -0.2) is 0 Å². The van der Waals surface area contributed by atoms with Crippen LogP contribution in [0.15, 0.2) is 78.9 Å². The van der Waals surface area contributed by atoms with Crippen LogP contribution >= 0.6 is 0 Å². The van der Waals surface area contributed by atoms with Crippen molar-refractivity contribution >= 4 is 5.97 Å². The summed E-state index contributed by atoms with van der Waals surface area (Å²) in [4.78, 5) is 10.6. The van der Waals surface area contributed by atoms with Gasteiger partial charge in [-0.2, -0.15) is 0 Å². The van der Waals surface area contributed by atoms with E-state index in [1.807, 2.05) is 54.6 Å². The van der Waals surface area contributed by atoms with Gasteiger partial charge in [0.05, 0.1) is 0 Å². The Morgan fingerprint density at radius 2 is 1.52 bits per heavy atom. The lowest BCUT2D eigenvalue weighted by Crippen LogP contribution is -1.99. The summed E-state index contributed by atoms with van der Waals surface area (Å²) < 4.78 is 5.92.